The second-order valence-corrected chi connectivity index (χ2v) is 9.33. The molecule has 0 spiro atoms. The molecule has 1 aliphatic rings. The molecule has 5 rings (SSSR count). The molecule has 1 atom stereocenters. The smallest absolute Gasteiger partial charge is 0.246 e. The van der Waals surface area contributed by atoms with Crippen LogP contribution in [0.4, 0.5) is 0 Å². The molecule has 1 aromatic heterocycles. The van der Waals surface area contributed by atoms with Gasteiger partial charge in [-0.3, -0.25) is 4.79 Å². The van der Waals surface area contributed by atoms with Crippen molar-refractivity contribution in [2.75, 3.05) is 13.2 Å². The van der Waals surface area contributed by atoms with Crippen LogP contribution in [0.5, 0.6) is 0 Å². The van der Waals surface area contributed by atoms with Crippen molar-refractivity contribution in [3.8, 4) is 16.9 Å². The van der Waals surface area contributed by atoms with Gasteiger partial charge in [0.05, 0.1) is 17.5 Å². The Balaban J connectivity index is 1.42. The van der Waals surface area contributed by atoms with Gasteiger partial charge >= 0.3 is 0 Å². The summed E-state index contributed by atoms with van der Waals surface area (Å²) >= 11 is 6.06. The molecule has 1 aliphatic heterocycles. The first-order valence-electron chi connectivity index (χ1n) is 12.2. The highest BCUT2D eigenvalue weighted by atomic mass is 35.5. The molecule has 6 heteroatoms. The normalized spacial score (nSPS) is 15.4. The van der Waals surface area contributed by atoms with Crippen LogP contribution >= 0.6 is 11.6 Å². The van der Waals surface area contributed by atoms with Gasteiger partial charge in [-0.05, 0) is 48.7 Å². The van der Waals surface area contributed by atoms with E-state index < -0.39 is 0 Å². The lowest BCUT2D eigenvalue weighted by molar-refractivity contribution is -0.128. The predicted octanol–water partition coefficient (Wildman–Crippen LogP) is 6.41. The molecular formula is C30H28ClN3O2. The van der Waals surface area contributed by atoms with Crippen LogP contribution in [0.25, 0.3) is 23.0 Å². The van der Waals surface area contributed by atoms with E-state index in [2.05, 4.69) is 0 Å². The number of hydrogen-bond donors (Lipinski definition) is 0. The summed E-state index contributed by atoms with van der Waals surface area (Å²) in [5, 5.41) is 5.52. The van der Waals surface area contributed by atoms with E-state index >= 15 is 0 Å². The van der Waals surface area contributed by atoms with Gasteiger partial charge in [0.15, 0.2) is 0 Å². The molecule has 36 heavy (non-hydrogen) atoms. The van der Waals surface area contributed by atoms with Gasteiger partial charge in [-0.1, -0.05) is 72.3 Å². The zero-order valence-electron chi connectivity index (χ0n) is 20.0. The topological polar surface area (TPSA) is 47.4 Å². The molecule has 182 valence electrons. The number of nitrogens with zero attached hydrogens (tertiary/aromatic N) is 3. The second-order valence-electron chi connectivity index (χ2n) is 8.89. The molecule has 0 bridgehead atoms. The Morgan fingerprint density at radius 3 is 2.44 bits per heavy atom. The lowest BCUT2D eigenvalue weighted by Gasteiger charge is -2.24. The molecule has 1 unspecified atom stereocenters. The van der Waals surface area contributed by atoms with Gasteiger partial charge in [-0.15, -0.1) is 0 Å². The van der Waals surface area contributed by atoms with Crippen LogP contribution in [-0.4, -0.2) is 39.8 Å². The predicted molar refractivity (Wildman–Crippen MR) is 144 cm³/mol. The number of hydrogen-bond acceptors (Lipinski definition) is 3. The molecule has 2 heterocycles. The van der Waals surface area contributed by atoms with Crippen molar-refractivity contribution < 1.29 is 9.53 Å². The van der Waals surface area contributed by atoms with Gasteiger partial charge in [0.2, 0.25) is 5.91 Å². The standard InChI is InChI=1S/C30H28ClN3O2/c31-26-16-13-23(14-17-26)20-33(22-28-12-7-19-36-28)29(35)18-15-25-21-34(27-10-5-2-6-11-27)32-30(25)24-8-3-1-4-9-24/h1-6,8-11,13-18,21,28H,7,12,19-20,22H2/b18-15+. The monoisotopic (exact) mass is 497 g/mol. The maximum absolute atomic E-state index is 13.4. The minimum Gasteiger partial charge on any atom is -0.376 e. The molecule has 4 aromatic rings. The Bertz CT molecular complexity index is 1310. The van der Waals surface area contributed by atoms with Crippen LogP contribution in [0.1, 0.15) is 24.0 Å². The Kier molecular flexibility index (Phi) is 7.60. The summed E-state index contributed by atoms with van der Waals surface area (Å²) in [6.07, 6.45) is 7.53. The summed E-state index contributed by atoms with van der Waals surface area (Å²) in [7, 11) is 0. The summed E-state index contributed by atoms with van der Waals surface area (Å²) < 4.78 is 7.68. The van der Waals surface area contributed by atoms with Crippen molar-refractivity contribution in [3.05, 3.63) is 113 Å². The molecule has 1 amide bonds. The molecule has 0 N–H and O–H groups in total. The van der Waals surface area contributed by atoms with Crippen molar-refractivity contribution in [3.63, 3.8) is 0 Å². The maximum atomic E-state index is 13.4. The summed E-state index contributed by atoms with van der Waals surface area (Å²) in [5.41, 5.74) is 4.69. The highest BCUT2D eigenvalue weighted by Crippen LogP contribution is 2.25. The number of carbonyl (C=O) groups excluding carboxylic acids is 1. The third-order valence-electron chi connectivity index (χ3n) is 6.26. The summed E-state index contributed by atoms with van der Waals surface area (Å²) in [6, 6.07) is 27.6. The van der Waals surface area contributed by atoms with E-state index in [1.165, 1.54) is 0 Å². The fourth-order valence-corrected chi connectivity index (χ4v) is 4.51. The lowest BCUT2D eigenvalue weighted by atomic mass is 10.1. The van der Waals surface area contributed by atoms with Crippen LogP contribution in [-0.2, 0) is 16.1 Å². The van der Waals surface area contributed by atoms with Crippen molar-refractivity contribution in [2.24, 2.45) is 0 Å². The number of amides is 1. The Labute approximate surface area is 216 Å². The van der Waals surface area contributed by atoms with Gasteiger partial charge in [0, 0.05) is 48.1 Å². The molecule has 5 nitrogen and oxygen atoms in total. The van der Waals surface area contributed by atoms with E-state index in [9.17, 15) is 4.79 Å². The van der Waals surface area contributed by atoms with Crippen molar-refractivity contribution in [1.82, 2.24) is 14.7 Å². The molecule has 0 aliphatic carbocycles. The molecular weight excluding hydrogens is 470 g/mol. The molecule has 3 aromatic carbocycles. The van der Waals surface area contributed by atoms with Crippen molar-refractivity contribution >= 4 is 23.6 Å². The fourth-order valence-electron chi connectivity index (χ4n) is 4.39. The average molecular weight is 498 g/mol. The second kappa shape index (κ2) is 11.4. The number of ether oxygens (including phenoxy) is 1. The van der Waals surface area contributed by atoms with E-state index in [1.54, 1.807) is 6.08 Å². The maximum Gasteiger partial charge on any atom is 0.246 e. The fraction of sp³-hybridized carbons (Fsp3) is 0.200. The molecule has 1 saturated heterocycles. The highest BCUT2D eigenvalue weighted by molar-refractivity contribution is 6.30. The largest absolute Gasteiger partial charge is 0.376 e. The number of para-hydroxylation sites is 1. The van der Waals surface area contributed by atoms with E-state index in [-0.39, 0.29) is 12.0 Å². The van der Waals surface area contributed by atoms with Gasteiger partial charge in [-0.25, -0.2) is 4.68 Å². The lowest BCUT2D eigenvalue weighted by Crippen LogP contribution is -2.35. The minimum absolute atomic E-state index is 0.0630. The van der Waals surface area contributed by atoms with Crippen LogP contribution < -0.4 is 0 Å². The minimum atomic E-state index is -0.0630. The number of benzene rings is 3. The van der Waals surface area contributed by atoms with E-state index in [0.717, 1.165) is 47.5 Å². The first-order valence-corrected chi connectivity index (χ1v) is 12.6. The van der Waals surface area contributed by atoms with Crippen LogP contribution in [0.3, 0.4) is 0 Å². The summed E-state index contributed by atoms with van der Waals surface area (Å²) in [4.78, 5) is 15.3. The van der Waals surface area contributed by atoms with Crippen molar-refractivity contribution in [1.29, 1.82) is 0 Å². The van der Waals surface area contributed by atoms with E-state index in [1.807, 2.05) is 107 Å². The van der Waals surface area contributed by atoms with Gasteiger partial charge in [0.25, 0.3) is 0 Å². The number of halogens is 1. The van der Waals surface area contributed by atoms with Crippen molar-refractivity contribution in [2.45, 2.75) is 25.5 Å². The zero-order valence-corrected chi connectivity index (χ0v) is 20.7. The highest BCUT2D eigenvalue weighted by Gasteiger charge is 2.22. The average Bonchev–Trinajstić information content (AvgIpc) is 3.59. The van der Waals surface area contributed by atoms with Crippen LogP contribution in [0.15, 0.2) is 97.2 Å². The summed E-state index contributed by atoms with van der Waals surface area (Å²) in [6.45, 7) is 1.80. The quantitative estimate of drug-likeness (QED) is 0.264. The third kappa shape index (κ3) is 5.93. The Hall–Kier alpha value is -3.67. The molecule has 1 fully saturated rings. The van der Waals surface area contributed by atoms with Gasteiger partial charge < -0.3 is 9.64 Å². The van der Waals surface area contributed by atoms with Gasteiger partial charge in [0.1, 0.15) is 0 Å². The number of carbonyl (C=O) groups is 1. The SMILES string of the molecule is O=C(/C=C/c1cn(-c2ccccc2)nc1-c1ccccc1)N(Cc1ccc(Cl)cc1)CC1CCCO1. The first-order chi connectivity index (χ1) is 17.7. The molecule has 0 saturated carbocycles. The zero-order chi connectivity index (χ0) is 24.7. The van der Waals surface area contributed by atoms with Gasteiger partial charge in [-0.2, -0.15) is 5.10 Å². The number of rotatable bonds is 8. The first kappa shape index (κ1) is 24.0. The van der Waals surface area contributed by atoms with E-state index in [0.29, 0.717) is 18.1 Å². The Morgan fingerprint density at radius 2 is 1.75 bits per heavy atom. The van der Waals surface area contributed by atoms with E-state index in [4.69, 9.17) is 21.4 Å². The van der Waals surface area contributed by atoms with Crippen LogP contribution in [0, 0.1) is 0 Å². The Morgan fingerprint density at radius 1 is 1.03 bits per heavy atom. The summed E-state index contributed by atoms with van der Waals surface area (Å²) in [5.74, 6) is -0.0630. The third-order valence-corrected chi connectivity index (χ3v) is 6.51. The van der Waals surface area contributed by atoms with Crippen LogP contribution in [0.2, 0.25) is 5.02 Å². The molecule has 0 radical (unpaired) electrons. The number of aromatic nitrogens is 2.